The fourth-order valence-electron chi connectivity index (χ4n) is 1.23. The fraction of sp³-hybridized carbons (Fsp3) is 0.111. The minimum atomic E-state index is -0.240. The maximum Gasteiger partial charge on any atom is 0.256 e. The summed E-state index contributed by atoms with van der Waals surface area (Å²) in [4.78, 5) is 14.5. The quantitative estimate of drug-likeness (QED) is 0.578. The van der Waals surface area contributed by atoms with Gasteiger partial charge in [-0.05, 0) is 12.1 Å². The van der Waals surface area contributed by atoms with E-state index in [4.69, 9.17) is 5.73 Å². The van der Waals surface area contributed by atoms with Gasteiger partial charge < -0.3 is 16.0 Å². The van der Waals surface area contributed by atoms with Crippen molar-refractivity contribution >= 4 is 11.7 Å². The lowest BCUT2D eigenvalue weighted by atomic mass is 10.3. The molecule has 2 heterocycles. The van der Waals surface area contributed by atoms with Gasteiger partial charge in [0, 0.05) is 11.9 Å². The summed E-state index contributed by atoms with van der Waals surface area (Å²) < 4.78 is 0. The predicted octanol–water partition coefficient (Wildman–Crippen LogP) is 0.250. The second-order valence-corrected chi connectivity index (χ2v) is 3.08. The van der Waals surface area contributed by atoms with E-state index in [1.165, 1.54) is 6.20 Å². The van der Waals surface area contributed by atoms with Gasteiger partial charge in [-0.1, -0.05) is 0 Å². The minimum Gasteiger partial charge on any atom is -0.383 e. The molecule has 0 atom stereocenters. The number of nitrogens with one attached hydrogen (secondary N) is 3. The van der Waals surface area contributed by atoms with Crippen molar-refractivity contribution in [3.05, 3.63) is 35.8 Å². The number of nitrogens with zero attached hydrogens (tertiary/aromatic N) is 1. The maximum atomic E-state index is 11.6. The van der Waals surface area contributed by atoms with Gasteiger partial charge in [0.1, 0.15) is 11.4 Å². The van der Waals surface area contributed by atoms with E-state index in [1.54, 1.807) is 6.20 Å². The van der Waals surface area contributed by atoms with Gasteiger partial charge >= 0.3 is 0 Å². The molecule has 0 saturated carbocycles. The minimum absolute atomic E-state index is 0.240. The highest BCUT2D eigenvalue weighted by Crippen LogP contribution is 2.05. The highest BCUT2D eigenvalue weighted by molar-refractivity contribution is 5.97. The Morgan fingerprint density at radius 3 is 3.07 bits per heavy atom. The van der Waals surface area contributed by atoms with Crippen LogP contribution in [-0.2, 0) is 6.54 Å². The van der Waals surface area contributed by atoms with Gasteiger partial charge in [0.25, 0.3) is 5.91 Å². The second-order valence-electron chi connectivity index (χ2n) is 3.08. The Balaban J connectivity index is 1.96. The summed E-state index contributed by atoms with van der Waals surface area (Å²) in [5.74, 6) is 0.0369. The number of amides is 1. The number of hydrogen-bond acceptors (Lipinski definition) is 3. The first-order valence-electron chi connectivity index (χ1n) is 4.46. The number of aromatic nitrogens is 3. The fourth-order valence-corrected chi connectivity index (χ4v) is 1.23. The van der Waals surface area contributed by atoms with E-state index >= 15 is 0 Å². The van der Waals surface area contributed by atoms with Gasteiger partial charge in [-0.15, -0.1) is 0 Å². The predicted molar refractivity (Wildman–Crippen MR) is 55.0 cm³/mol. The summed E-state index contributed by atoms with van der Waals surface area (Å²) in [5, 5.41) is 8.89. The van der Waals surface area contributed by atoms with Crippen LogP contribution in [0.1, 0.15) is 16.1 Å². The van der Waals surface area contributed by atoms with E-state index in [0.717, 1.165) is 5.69 Å². The van der Waals surface area contributed by atoms with E-state index < -0.39 is 0 Å². The zero-order chi connectivity index (χ0) is 10.7. The van der Waals surface area contributed by atoms with E-state index in [9.17, 15) is 4.79 Å². The lowest BCUT2D eigenvalue weighted by Gasteiger charge is -2.01. The Morgan fingerprint density at radius 1 is 1.60 bits per heavy atom. The average molecular weight is 205 g/mol. The Kier molecular flexibility index (Phi) is 2.40. The highest BCUT2D eigenvalue weighted by Gasteiger charge is 2.10. The average Bonchev–Trinajstić information content (AvgIpc) is 2.84. The van der Waals surface area contributed by atoms with Crippen molar-refractivity contribution in [1.82, 2.24) is 20.5 Å². The number of hydrogen-bond donors (Lipinski definition) is 4. The number of aromatic amines is 2. The van der Waals surface area contributed by atoms with Crippen LogP contribution >= 0.6 is 0 Å². The number of rotatable bonds is 3. The van der Waals surface area contributed by atoms with E-state index in [0.29, 0.717) is 12.1 Å². The molecule has 0 fully saturated rings. The third kappa shape index (κ3) is 1.98. The summed E-state index contributed by atoms with van der Waals surface area (Å²) in [6.07, 6.45) is 3.20. The molecule has 0 radical (unpaired) electrons. The van der Waals surface area contributed by atoms with Crippen LogP contribution in [0, 0.1) is 0 Å². The van der Waals surface area contributed by atoms with Crippen LogP contribution in [0.15, 0.2) is 24.5 Å². The normalized spacial score (nSPS) is 10.1. The molecule has 6 heteroatoms. The largest absolute Gasteiger partial charge is 0.383 e. The molecule has 0 aliphatic carbocycles. The number of H-pyrrole nitrogens is 2. The molecule has 0 aliphatic rings. The van der Waals surface area contributed by atoms with Gasteiger partial charge in [0.2, 0.25) is 0 Å². The van der Waals surface area contributed by atoms with Crippen molar-refractivity contribution in [1.29, 1.82) is 0 Å². The molecule has 15 heavy (non-hydrogen) atoms. The van der Waals surface area contributed by atoms with E-state index in [-0.39, 0.29) is 11.7 Å². The number of carbonyl (C=O) groups excluding carboxylic acids is 1. The first-order valence-corrected chi connectivity index (χ1v) is 4.46. The van der Waals surface area contributed by atoms with Gasteiger partial charge in [0.15, 0.2) is 0 Å². The van der Waals surface area contributed by atoms with Crippen LogP contribution in [-0.4, -0.2) is 21.1 Å². The second kappa shape index (κ2) is 3.87. The van der Waals surface area contributed by atoms with Crippen molar-refractivity contribution in [2.24, 2.45) is 0 Å². The van der Waals surface area contributed by atoms with Gasteiger partial charge in [-0.25, -0.2) is 0 Å². The number of carbonyl (C=O) groups is 1. The maximum absolute atomic E-state index is 11.6. The molecule has 1 amide bonds. The van der Waals surface area contributed by atoms with Crippen LogP contribution in [0.3, 0.4) is 0 Å². The molecule has 0 aliphatic heterocycles. The molecule has 0 bridgehead atoms. The zero-order valence-electron chi connectivity index (χ0n) is 7.95. The van der Waals surface area contributed by atoms with Gasteiger partial charge in [-0.2, -0.15) is 5.10 Å². The van der Waals surface area contributed by atoms with Crippen LogP contribution in [0.2, 0.25) is 0 Å². The molecular weight excluding hydrogens is 194 g/mol. The monoisotopic (exact) mass is 205 g/mol. The van der Waals surface area contributed by atoms with Crippen molar-refractivity contribution in [3.8, 4) is 0 Å². The van der Waals surface area contributed by atoms with Crippen molar-refractivity contribution in [3.63, 3.8) is 0 Å². The first-order chi connectivity index (χ1) is 7.27. The van der Waals surface area contributed by atoms with E-state index in [2.05, 4.69) is 20.5 Å². The SMILES string of the molecule is Nc1[nH]ncc1C(=O)NCc1ccc[nH]1. The number of nitrogen functional groups attached to an aromatic ring is 1. The summed E-state index contributed by atoms with van der Waals surface area (Å²) in [5.41, 5.74) is 6.80. The topological polar surface area (TPSA) is 99.6 Å². The molecule has 5 N–H and O–H groups in total. The first kappa shape index (κ1) is 9.32. The molecule has 0 aromatic carbocycles. The summed E-state index contributed by atoms with van der Waals surface area (Å²) in [7, 11) is 0. The molecular formula is C9H11N5O. The van der Waals surface area contributed by atoms with Crippen LogP contribution in [0.5, 0.6) is 0 Å². The smallest absolute Gasteiger partial charge is 0.256 e. The molecule has 0 spiro atoms. The van der Waals surface area contributed by atoms with E-state index in [1.807, 2.05) is 12.1 Å². The summed E-state index contributed by atoms with van der Waals surface area (Å²) in [6.45, 7) is 0.441. The third-order valence-electron chi connectivity index (χ3n) is 2.02. The van der Waals surface area contributed by atoms with Crippen LogP contribution < -0.4 is 11.1 Å². The molecule has 78 valence electrons. The molecule has 2 aromatic rings. The van der Waals surface area contributed by atoms with Crippen molar-refractivity contribution in [2.75, 3.05) is 5.73 Å². The summed E-state index contributed by atoms with van der Waals surface area (Å²) >= 11 is 0. The molecule has 6 nitrogen and oxygen atoms in total. The molecule has 2 aromatic heterocycles. The van der Waals surface area contributed by atoms with Crippen LogP contribution in [0.25, 0.3) is 0 Å². The van der Waals surface area contributed by atoms with Gasteiger partial charge in [-0.3, -0.25) is 9.89 Å². The van der Waals surface area contributed by atoms with Gasteiger partial charge in [0.05, 0.1) is 12.7 Å². The van der Waals surface area contributed by atoms with Crippen LogP contribution in [0.4, 0.5) is 5.82 Å². The van der Waals surface area contributed by atoms with Crippen molar-refractivity contribution in [2.45, 2.75) is 6.54 Å². The standard InChI is InChI=1S/C9H11N5O/c10-8-7(5-13-14-8)9(15)12-4-6-2-1-3-11-6/h1-3,5,11H,4H2,(H,12,15)(H3,10,13,14). The lowest BCUT2D eigenvalue weighted by Crippen LogP contribution is -2.23. The Morgan fingerprint density at radius 2 is 2.47 bits per heavy atom. The zero-order valence-corrected chi connectivity index (χ0v) is 7.95. The number of nitrogens with two attached hydrogens (primary N) is 1. The number of anilines is 1. The van der Waals surface area contributed by atoms with Crippen molar-refractivity contribution < 1.29 is 4.79 Å². The Labute approximate surface area is 85.9 Å². The Bertz CT molecular complexity index is 445. The highest BCUT2D eigenvalue weighted by atomic mass is 16.1. The summed E-state index contributed by atoms with van der Waals surface area (Å²) in [6, 6.07) is 3.76. The molecule has 0 saturated heterocycles. The molecule has 2 rings (SSSR count). The third-order valence-corrected chi connectivity index (χ3v) is 2.02. The molecule has 0 unspecified atom stereocenters. The lowest BCUT2D eigenvalue weighted by molar-refractivity contribution is 0.0951. The Hall–Kier alpha value is -2.24.